The van der Waals surface area contributed by atoms with Gasteiger partial charge in [0, 0.05) is 0 Å². The van der Waals surface area contributed by atoms with Crippen molar-refractivity contribution in [1.29, 1.82) is 0 Å². The van der Waals surface area contributed by atoms with Gasteiger partial charge in [-0.2, -0.15) is 0 Å². The Morgan fingerprint density at radius 1 is 0.452 bits per heavy atom. The van der Waals surface area contributed by atoms with E-state index in [1.807, 2.05) is 189 Å². The van der Waals surface area contributed by atoms with Gasteiger partial charge in [-0.05, 0) is 39.1 Å². The molecule has 2 aliphatic heterocycles. The molecule has 14 heteroatoms. The van der Waals surface area contributed by atoms with Crippen molar-refractivity contribution >= 4 is 23.7 Å². The van der Waals surface area contributed by atoms with Crippen LogP contribution in [0.1, 0.15) is 46.7 Å². The number of hydrogen-bond acceptors (Lipinski definition) is 14. The van der Waals surface area contributed by atoms with Crippen molar-refractivity contribution in [2.45, 2.75) is 114 Å². The molecule has 0 saturated carbocycles. The largest absolute Gasteiger partial charge is 0.462 e. The molecular formula is C59H64O13S. The first kappa shape index (κ1) is 53.5. The van der Waals surface area contributed by atoms with Crippen LogP contribution in [0, 0.1) is 0 Å². The first-order valence-corrected chi connectivity index (χ1v) is 25.8. The van der Waals surface area contributed by atoms with Crippen LogP contribution in [0.2, 0.25) is 0 Å². The van der Waals surface area contributed by atoms with Crippen LogP contribution < -0.4 is 0 Å². The first-order valence-electron chi connectivity index (χ1n) is 24.7. The zero-order valence-corrected chi connectivity index (χ0v) is 41.7. The van der Waals surface area contributed by atoms with E-state index in [0.29, 0.717) is 12.4 Å². The van der Waals surface area contributed by atoms with Crippen LogP contribution in [-0.4, -0.2) is 96.6 Å². The molecule has 8 rings (SSSR count). The molecule has 384 valence electrons. The molecule has 0 radical (unpaired) electrons. The van der Waals surface area contributed by atoms with E-state index in [4.69, 9.17) is 47.4 Å². The number of rotatable bonds is 26. The van der Waals surface area contributed by atoms with Gasteiger partial charge in [0.2, 0.25) is 0 Å². The van der Waals surface area contributed by atoms with Gasteiger partial charge in [-0.15, -0.1) is 11.8 Å². The molecule has 0 aromatic heterocycles. The maximum Gasteiger partial charge on any atom is 0.317 e. The quantitative estimate of drug-likeness (QED) is 0.0407. The summed E-state index contributed by atoms with van der Waals surface area (Å²) in [4.78, 5) is 27.8. The van der Waals surface area contributed by atoms with Gasteiger partial charge < -0.3 is 52.5 Å². The summed E-state index contributed by atoms with van der Waals surface area (Å²) in [6.07, 6.45) is -9.62. The van der Waals surface area contributed by atoms with Crippen LogP contribution in [0.5, 0.6) is 0 Å². The number of carbonyl (C=O) groups is 2. The van der Waals surface area contributed by atoms with Crippen LogP contribution in [0.15, 0.2) is 182 Å². The number of esters is 2. The number of benzene rings is 6. The minimum atomic E-state index is -1.33. The molecule has 0 aliphatic carbocycles. The third-order valence-corrected chi connectivity index (χ3v) is 13.3. The van der Waals surface area contributed by atoms with Gasteiger partial charge in [0.15, 0.2) is 12.4 Å². The number of hydrogen-bond donors (Lipinski definition) is 1. The number of ether oxygens (including phenoxy) is 10. The molecule has 73 heavy (non-hydrogen) atoms. The molecular weight excluding hydrogens is 949 g/mol. The molecule has 0 bridgehead atoms. The van der Waals surface area contributed by atoms with Crippen LogP contribution in [0.3, 0.4) is 0 Å². The van der Waals surface area contributed by atoms with Crippen molar-refractivity contribution in [3.63, 3.8) is 0 Å². The van der Waals surface area contributed by atoms with Crippen molar-refractivity contribution < 1.29 is 62.1 Å². The van der Waals surface area contributed by atoms with Crippen molar-refractivity contribution in [2.24, 2.45) is 0 Å². The SMILES string of the molecule is CCS[C@H]1O[C@H](COC(=O)CC(=O)O[C@@H]2[C@@H](OCc3ccccc3)O[C@H](COCc3ccccc3)[C@@H](O)[C@@H]2OCc2ccccc2)[C@@H](OCc2ccccc2)[C@H](OCc2ccccc2)[C@@H]1OCc1ccccc1. The highest BCUT2D eigenvalue weighted by Gasteiger charge is 2.51. The smallest absolute Gasteiger partial charge is 0.317 e. The summed E-state index contributed by atoms with van der Waals surface area (Å²) in [7, 11) is 0. The summed E-state index contributed by atoms with van der Waals surface area (Å²) in [5.74, 6) is -1.11. The minimum Gasteiger partial charge on any atom is -0.462 e. The molecule has 13 nitrogen and oxygen atoms in total. The maximum atomic E-state index is 14.0. The van der Waals surface area contributed by atoms with Gasteiger partial charge in [0.1, 0.15) is 61.2 Å². The van der Waals surface area contributed by atoms with Crippen LogP contribution in [0.4, 0.5) is 0 Å². The monoisotopic (exact) mass is 1010 g/mol. The zero-order valence-electron chi connectivity index (χ0n) is 40.9. The van der Waals surface area contributed by atoms with Gasteiger partial charge in [-0.1, -0.05) is 189 Å². The molecule has 2 heterocycles. The first-order chi connectivity index (χ1) is 35.9. The van der Waals surface area contributed by atoms with Crippen LogP contribution >= 0.6 is 11.8 Å². The predicted molar refractivity (Wildman–Crippen MR) is 274 cm³/mol. The third-order valence-electron chi connectivity index (χ3n) is 12.3. The van der Waals surface area contributed by atoms with E-state index in [9.17, 15) is 14.7 Å². The van der Waals surface area contributed by atoms with Crippen molar-refractivity contribution in [1.82, 2.24) is 0 Å². The standard InChI is InChI=1S/C59H64O13S/c1-2-73-59-57(68-38-46-29-17-7-18-30-46)55(67-37-45-27-15-6-16-28-45)53(65-35-43-23-11-4-12-24-43)49(71-59)41-64-50(60)33-51(61)72-56-54(66-36-44-25-13-5-14-26-44)52(62)48(40-63-34-42-21-9-3-10-22-42)70-58(56)69-39-47-31-19-8-20-32-47/h3-32,48-49,52-59,62H,2,33-41H2,1H3/t48-,49-,52-,53-,54+,55+,56+,57+,58+,59-/m1/s1. The Morgan fingerprint density at radius 2 is 0.863 bits per heavy atom. The Bertz CT molecular complexity index is 2490. The van der Waals surface area contributed by atoms with Crippen molar-refractivity contribution in [3.05, 3.63) is 215 Å². The van der Waals surface area contributed by atoms with E-state index in [0.717, 1.165) is 33.4 Å². The lowest BCUT2D eigenvalue weighted by Gasteiger charge is -2.45. The normalized spacial score (nSPS) is 23.9. The molecule has 2 saturated heterocycles. The van der Waals surface area contributed by atoms with Crippen LogP contribution in [-0.2, 0) is 96.6 Å². The molecule has 0 amide bonds. The fraction of sp³-hybridized carbons (Fsp3) is 0.356. The molecule has 6 aromatic carbocycles. The van der Waals surface area contributed by atoms with E-state index in [2.05, 4.69) is 0 Å². The molecule has 2 aliphatic rings. The second-order valence-corrected chi connectivity index (χ2v) is 19.1. The number of aliphatic hydroxyl groups excluding tert-OH is 1. The van der Waals surface area contributed by atoms with Crippen molar-refractivity contribution in [2.75, 3.05) is 19.0 Å². The Kier molecular flexibility index (Phi) is 21.0. The molecule has 0 unspecified atom stereocenters. The van der Waals surface area contributed by atoms with Gasteiger partial charge in [0.25, 0.3) is 0 Å². The van der Waals surface area contributed by atoms with Gasteiger partial charge in [-0.3, -0.25) is 9.59 Å². The summed E-state index contributed by atoms with van der Waals surface area (Å²) in [6.45, 7) is 2.94. The van der Waals surface area contributed by atoms with E-state index in [1.165, 1.54) is 0 Å². The molecule has 1 N–H and O–H groups in total. The molecule has 0 spiro atoms. The lowest BCUT2D eigenvalue weighted by Crippen LogP contribution is -2.61. The summed E-state index contributed by atoms with van der Waals surface area (Å²) in [5, 5.41) is 11.9. The zero-order chi connectivity index (χ0) is 50.5. The van der Waals surface area contributed by atoms with Crippen LogP contribution in [0.25, 0.3) is 0 Å². The van der Waals surface area contributed by atoms with Crippen molar-refractivity contribution in [3.8, 4) is 0 Å². The summed E-state index contributed by atoms with van der Waals surface area (Å²) in [6, 6.07) is 58.0. The predicted octanol–water partition coefficient (Wildman–Crippen LogP) is 9.17. The average Bonchev–Trinajstić information content (AvgIpc) is 3.43. The highest BCUT2D eigenvalue weighted by atomic mass is 32.2. The second-order valence-electron chi connectivity index (χ2n) is 17.7. The van der Waals surface area contributed by atoms with E-state index in [1.54, 1.807) is 11.8 Å². The van der Waals surface area contributed by atoms with Gasteiger partial charge >= 0.3 is 11.9 Å². The molecule has 2 fully saturated rings. The summed E-state index contributed by atoms with van der Waals surface area (Å²) < 4.78 is 64.1. The molecule has 6 aromatic rings. The topological polar surface area (TPSA) is 147 Å². The Hall–Kier alpha value is -5.75. The Balaban J connectivity index is 0.992. The average molecular weight is 1010 g/mol. The number of carbonyl (C=O) groups excluding carboxylic acids is 2. The highest BCUT2D eigenvalue weighted by molar-refractivity contribution is 7.99. The van der Waals surface area contributed by atoms with E-state index in [-0.39, 0.29) is 46.2 Å². The Labute approximate surface area is 431 Å². The second kappa shape index (κ2) is 28.6. The number of thioether (sulfide) groups is 1. The van der Waals surface area contributed by atoms with E-state index >= 15 is 0 Å². The van der Waals surface area contributed by atoms with E-state index < -0.39 is 78.9 Å². The lowest BCUT2D eigenvalue weighted by atomic mass is 9.98. The molecule has 10 atom stereocenters. The summed E-state index contributed by atoms with van der Waals surface area (Å²) >= 11 is 1.55. The van der Waals surface area contributed by atoms with Gasteiger partial charge in [-0.25, -0.2) is 0 Å². The Morgan fingerprint density at radius 3 is 1.33 bits per heavy atom. The fourth-order valence-electron chi connectivity index (χ4n) is 8.58. The summed E-state index contributed by atoms with van der Waals surface area (Å²) in [5.41, 5.74) is 4.94. The maximum absolute atomic E-state index is 14.0. The highest BCUT2D eigenvalue weighted by Crippen LogP contribution is 2.36. The number of aliphatic hydroxyl groups is 1. The minimum absolute atomic E-state index is 0.0194. The lowest BCUT2D eigenvalue weighted by molar-refractivity contribution is -0.316. The third kappa shape index (κ3) is 16.4. The van der Waals surface area contributed by atoms with Gasteiger partial charge in [0.05, 0.1) is 46.2 Å². The fourth-order valence-corrected chi connectivity index (χ4v) is 9.55.